The highest BCUT2D eigenvalue weighted by atomic mass is 16.6. The standard InChI is InChI=1S/C25H32N4O4.C20H24N4O2/c1-25(2,3)33-24(31)28-13-10-22(11-14-28)32-21-8-6-19(7-9-21)27-23(30)18-16-29(17-18)20-5-4-12-26-15-20;25-20(15-13-24(14-15)17-2-1-9-22-12-17)23-16-3-5-18(6-4-16)26-19-7-10-21-11-8-19/h4-9,12,15,18,22H,10-11,13-14,16-17H2,1-3H3,(H,27,30);1-6,9,12,15,19,21H,7-8,10-11,13-14H2,(H,23,25). The van der Waals surface area contributed by atoms with Crippen LogP contribution in [0.3, 0.4) is 0 Å². The summed E-state index contributed by atoms with van der Waals surface area (Å²) in [7, 11) is 0. The molecule has 14 heteroatoms. The van der Waals surface area contributed by atoms with E-state index in [4.69, 9.17) is 14.2 Å². The Hall–Kier alpha value is -5.89. The molecule has 4 aliphatic heterocycles. The lowest BCUT2D eigenvalue weighted by atomic mass is 9.98. The number of piperidine rings is 2. The van der Waals surface area contributed by atoms with Crippen LogP contribution < -0.4 is 35.2 Å². The van der Waals surface area contributed by atoms with Crippen LogP contribution in [0.4, 0.5) is 27.5 Å². The zero-order valence-electron chi connectivity index (χ0n) is 34.2. The molecule has 0 saturated carbocycles. The number of nitrogens with one attached hydrogen (secondary N) is 3. The molecule has 59 heavy (non-hydrogen) atoms. The SMILES string of the molecule is CC(C)(C)OC(=O)N1CCC(Oc2ccc(NC(=O)C3CN(c4cccnc4)C3)cc2)CC1.O=C(Nc1ccc(OC2CCNCC2)cc1)C1CN(c2cccnc2)C1. The first-order valence-corrected chi connectivity index (χ1v) is 20.7. The average Bonchev–Trinajstić information content (AvgIpc) is 3.19. The zero-order valence-corrected chi connectivity index (χ0v) is 34.2. The fourth-order valence-electron chi connectivity index (χ4n) is 7.30. The molecule has 14 nitrogen and oxygen atoms in total. The van der Waals surface area contributed by atoms with Gasteiger partial charge in [0.15, 0.2) is 0 Å². The Balaban J connectivity index is 0.000000184. The van der Waals surface area contributed by atoms with Gasteiger partial charge >= 0.3 is 6.09 Å². The number of hydrogen-bond acceptors (Lipinski definition) is 11. The lowest BCUT2D eigenvalue weighted by Crippen LogP contribution is -2.52. The van der Waals surface area contributed by atoms with Crippen LogP contribution in [-0.4, -0.2) is 103 Å². The van der Waals surface area contributed by atoms with Gasteiger partial charge in [0, 0.05) is 75.9 Å². The fraction of sp³-hybridized carbons (Fsp3) is 0.444. The molecule has 4 aliphatic rings. The van der Waals surface area contributed by atoms with Gasteiger partial charge in [0.2, 0.25) is 11.8 Å². The highest BCUT2D eigenvalue weighted by Crippen LogP contribution is 2.28. The van der Waals surface area contributed by atoms with Crippen molar-refractivity contribution in [1.29, 1.82) is 0 Å². The minimum atomic E-state index is -0.487. The Labute approximate surface area is 346 Å². The molecule has 0 bridgehead atoms. The second-order valence-electron chi connectivity index (χ2n) is 16.5. The van der Waals surface area contributed by atoms with Gasteiger partial charge in [-0.05, 0) is 119 Å². The predicted molar refractivity (Wildman–Crippen MR) is 228 cm³/mol. The molecule has 2 aromatic carbocycles. The molecule has 0 spiro atoms. The predicted octanol–water partition coefficient (Wildman–Crippen LogP) is 6.22. The summed E-state index contributed by atoms with van der Waals surface area (Å²) in [6.07, 6.45) is 10.8. The summed E-state index contributed by atoms with van der Waals surface area (Å²) in [4.78, 5) is 51.4. The van der Waals surface area contributed by atoms with Crippen LogP contribution in [-0.2, 0) is 14.3 Å². The van der Waals surface area contributed by atoms with Gasteiger partial charge in [-0.1, -0.05) is 0 Å². The van der Waals surface area contributed by atoms with Crippen molar-refractivity contribution in [3.63, 3.8) is 0 Å². The van der Waals surface area contributed by atoms with Crippen LogP contribution in [0.5, 0.6) is 11.5 Å². The molecular weight excluding hydrogens is 749 g/mol. The summed E-state index contributed by atoms with van der Waals surface area (Å²) in [5, 5.41) is 9.32. The quantitative estimate of drug-likeness (QED) is 0.168. The Morgan fingerprint density at radius 2 is 1.08 bits per heavy atom. The third kappa shape index (κ3) is 11.8. The number of carbonyl (C=O) groups is 3. The summed E-state index contributed by atoms with van der Waals surface area (Å²) < 4.78 is 17.5. The number of anilines is 4. The highest BCUT2D eigenvalue weighted by molar-refractivity contribution is 5.95. The molecule has 0 atom stereocenters. The molecule has 4 saturated heterocycles. The minimum absolute atomic E-state index is 0.0147. The largest absolute Gasteiger partial charge is 0.490 e. The molecule has 0 radical (unpaired) electrons. The number of rotatable bonds is 10. The number of hydrogen-bond donors (Lipinski definition) is 3. The molecule has 4 fully saturated rings. The first-order valence-electron chi connectivity index (χ1n) is 20.7. The highest BCUT2D eigenvalue weighted by Gasteiger charge is 2.34. The van der Waals surface area contributed by atoms with Crippen molar-refractivity contribution < 1.29 is 28.6 Å². The van der Waals surface area contributed by atoms with Crippen LogP contribution in [0.25, 0.3) is 0 Å². The second kappa shape index (κ2) is 19.2. The Morgan fingerprint density at radius 1 is 0.644 bits per heavy atom. The van der Waals surface area contributed by atoms with E-state index in [9.17, 15) is 14.4 Å². The molecule has 2 aromatic heterocycles. The molecule has 8 rings (SSSR count). The minimum Gasteiger partial charge on any atom is -0.490 e. The van der Waals surface area contributed by atoms with Crippen LogP contribution in [0.1, 0.15) is 46.5 Å². The summed E-state index contributed by atoms with van der Waals surface area (Å²) in [6.45, 7) is 11.7. The van der Waals surface area contributed by atoms with Crippen LogP contribution in [0, 0.1) is 11.8 Å². The van der Waals surface area contributed by atoms with Gasteiger partial charge in [-0.2, -0.15) is 0 Å². The Morgan fingerprint density at radius 3 is 1.49 bits per heavy atom. The van der Waals surface area contributed by atoms with E-state index in [-0.39, 0.29) is 42.0 Å². The van der Waals surface area contributed by atoms with Crippen molar-refractivity contribution in [2.45, 2.75) is 64.3 Å². The molecule has 6 heterocycles. The molecule has 312 valence electrons. The molecule has 3 N–H and O–H groups in total. The van der Waals surface area contributed by atoms with Gasteiger partial charge < -0.3 is 44.9 Å². The van der Waals surface area contributed by atoms with E-state index in [1.807, 2.05) is 106 Å². The van der Waals surface area contributed by atoms with Gasteiger partial charge in [0.05, 0.1) is 35.6 Å². The first-order chi connectivity index (χ1) is 28.5. The number of carbonyl (C=O) groups excluding carboxylic acids is 3. The number of pyridine rings is 2. The maximum atomic E-state index is 12.5. The van der Waals surface area contributed by atoms with Crippen molar-refractivity contribution in [3.8, 4) is 11.5 Å². The van der Waals surface area contributed by atoms with Crippen molar-refractivity contribution >= 4 is 40.7 Å². The number of aromatic nitrogens is 2. The maximum absolute atomic E-state index is 12.5. The number of benzene rings is 2. The van der Waals surface area contributed by atoms with Gasteiger partial charge in [0.1, 0.15) is 29.3 Å². The van der Waals surface area contributed by atoms with Crippen LogP contribution in [0.2, 0.25) is 0 Å². The molecule has 0 aliphatic carbocycles. The van der Waals surface area contributed by atoms with Crippen molar-refractivity contribution in [3.05, 3.63) is 97.6 Å². The summed E-state index contributed by atoms with van der Waals surface area (Å²) in [5.41, 5.74) is 3.19. The second-order valence-corrected chi connectivity index (χ2v) is 16.5. The van der Waals surface area contributed by atoms with E-state index in [1.54, 1.807) is 17.3 Å². The average molecular weight is 805 g/mol. The van der Waals surface area contributed by atoms with Gasteiger partial charge in [-0.25, -0.2) is 4.79 Å². The Kier molecular flexibility index (Phi) is 13.5. The van der Waals surface area contributed by atoms with Gasteiger partial charge in [-0.15, -0.1) is 0 Å². The van der Waals surface area contributed by atoms with Crippen LogP contribution >= 0.6 is 0 Å². The monoisotopic (exact) mass is 804 g/mol. The summed E-state index contributed by atoms with van der Waals surface area (Å²) in [5.74, 6) is 1.70. The van der Waals surface area contributed by atoms with Crippen LogP contribution in [0.15, 0.2) is 97.6 Å². The first kappa shape index (κ1) is 41.3. The molecule has 4 aromatic rings. The van der Waals surface area contributed by atoms with E-state index >= 15 is 0 Å². The normalized spacial score (nSPS) is 17.7. The molecule has 3 amide bonds. The zero-order chi connectivity index (χ0) is 41.2. The van der Waals surface area contributed by atoms with Gasteiger partial charge in [-0.3, -0.25) is 19.6 Å². The maximum Gasteiger partial charge on any atom is 0.410 e. The fourth-order valence-corrected chi connectivity index (χ4v) is 7.30. The molecular formula is C45H56N8O6. The number of amides is 3. The van der Waals surface area contributed by atoms with E-state index in [2.05, 4.69) is 35.7 Å². The smallest absolute Gasteiger partial charge is 0.410 e. The Bertz CT molecular complexity index is 1950. The van der Waals surface area contributed by atoms with Crippen molar-refractivity contribution in [1.82, 2.24) is 20.2 Å². The number of ether oxygens (including phenoxy) is 3. The third-order valence-electron chi connectivity index (χ3n) is 10.8. The van der Waals surface area contributed by atoms with E-state index in [0.29, 0.717) is 26.2 Å². The van der Waals surface area contributed by atoms with Crippen molar-refractivity contribution in [2.24, 2.45) is 11.8 Å². The van der Waals surface area contributed by atoms with Crippen molar-refractivity contribution in [2.75, 3.05) is 72.8 Å². The number of likely N-dealkylation sites (tertiary alicyclic amines) is 1. The third-order valence-corrected chi connectivity index (χ3v) is 10.8. The summed E-state index contributed by atoms with van der Waals surface area (Å²) >= 11 is 0. The topological polar surface area (TPSA) is 150 Å². The van der Waals surface area contributed by atoms with E-state index < -0.39 is 5.60 Å². The van der Waals surface area contributed by atoms with E-state index in [0.717, 1.165) is 86.1 Å². The summed E-state index contributed by atoms with van der Waals surface area (Å²) in [6, 6.07) is 23.0. The van der Waals surface area contributed by atoms with E-state index in [1.165, 1.54) is 0 Å². The number of nitrogens with zero attached hydrogens (tertiary/aromatic N) is 5. The van der Waals surface area contributed by atoms with Gasteiger partial charge in [0.25, 0.3) is 0 Å². The lowest BCUT2D eigenvalue weighted by Gasteiger charge is -2.39. The molecule has 0 unspecified atom stereocenters. The lowest BCUT2D eigenvalue weighted by molar-refractivity contribution is -0.121.